The molecule has 0 unspecified atom stereocenters. The fourth-order valence-electron chi connectivity index (χ4n) is 1.64. The number of aliphatic hydroxyl groups is 1. The van der Waals surface area contributed by atoms with Gasteiger partial charge in [-0.1, -0.05) is 0 Å². The highest BCUT2D eigenvalue weighted by atomic mass is 16.3. The second kappa shape index (κ2) is 3.53. The van der Waals surface area contributed by atoms with Gasteiger partial charge in [0.25, 0.3) is 0 Å². The molecule has 1 aliphatic heterocycles. The molecule has 2 rings (SSSR count). The fourth-order valence-corrected chi connectivity index (χ4v) is 1.64. The Morgan fingerprint density at radius 3 is 2.43 bits per heavy atom. The van der Waals surface area contributed by atoms with Crippen LogP contribution in [0.3, 0.4) is 0 Å². The Morgan fingerprint density at radius 1 is 1.29 bits per heavy atom. The zero-order valence-corrected chi connectivity index (χ0v) is 8.35. The fraction of sp³-hybridized carbons (Fsp3) is 0.600. The van der Waals surface area contributed by atoms with Gasteiger partial charge in [-0.15, -0.1) is 0 Å². The van der Waals surface area contributed by atoms with Crippen LogP contribution >= 0.6 is 0 Å². The normalized spacial score (nSPS) is 20.9. The van der Waals surface area contributed by atoms with Crippen molar-refractivity contribution in [3.05, 3.63) is 18.5 Å². The molecule has 4 heteroatoms. The Morgan fingerprint density at radius 2 is 1.86 bits per heavy atom. The third-order valence-electron chi connectivity index (χ3n) is 2.68. The minimum atomic E-state index is -0.509. The summed E-state index contributed by atoms with van der Waals surface area (Å²) in [5.41, 5.74) is -0.509. The van der Waals surface area contributed by atoms with Crippen molar-refractivity contribution in [2.75, 3.05) is 18.0 Å². The lowest BCUT2D eigenvalue weighted by Gasteiger charge is -2.35. The summed E-state index contributed by atoms with van der Waals surface area (Å²) in [4.78, 5) is 10.5. The van der Waals surface area contributed by atoms with Gasteiger partial charge < -0.3 is 10.0 Å². The molecule has 76 valence electrons. The molecule has 1 aromatic rings. The first kappa shape index (κ1) is 9.40. The van der Waals surface area contributed by atoms with Crippen molar-refractivity contribution in [2.24, 2.45) is 0 Å². The van der Waals surface area contributed by atoms with Gasteiger partial charge in [-0.2, -0.15) is 0 Å². The number of nitrogens with zero attached hydrogens (tertiary/aromatic N) is 3. The predicted octanol–water partition coefficient (Wildman–Crippen LogP) is 0.828. The largest absolute Gasteiger partial charge is 0.390 e. The van der Waals surface area contributed by atoms with Crippen LogP contribution in [0.15, 0.2) is 18.5 Å². The van der Waals surface area contributed by atoms with E-state index in [2.05, 4.69) is 14.9 Å². The van der Waals surface area contributed by atoms with Crippen molar-refractivity contribution in [3.63, 3.8) is 0 Å². The van der Waals surface area contributed by atoms with E-state index in [4.69, 9.17) is 0 Å². The summed E-state index contributed by atoms with van der Waals surface area (Å²) in [6.45, 7) is 3.55. The van der Waals surface area contributed by atoms with Crippen molar-refractivity contribution in [1.29, 1.82) is 0 Å². The van der Waals surface area contributed by atoms with E-state index in [0.717, 1.165) is 31.9 Å². The number of rotatable bonds is 1. The molecular weight excluding hydrogens is 178 g/mol. The van der Waals surface area contributed by atoms with Crippen LogP contribution in [0.25, 0.3) is 0 Å². The van der Waals surface area contributed by atoms with E-state index in [1.54, 1.807) is 12.4 Å². The summed E-state index contributed by atoms with van der Waals surface area (Å²) < 4.78 is 0. The number of hydrogen-bond donors (Lipinski definition) is 1. The third kappa shape index (κ3) is 2.01. The van der Waals surface area contributed by atoms with E-state index in [1.165, 1.54) is 0 Å². The van der Waals surface area contributed by atoms with Gasteiger partial charge >= 0.3 is 0 Å². The molecule has 2 heterocycles. The molecule has 1 fully saturated rings. The Labute approximate surface area is 83.6 Å². The summed E-state index contributed by atoms with van der Waals surface area (Å²) in [5.74, 6) is 0.767. The Bertz CT molecular complexity index is 289. The number of piperidine rings is 1. The third-order valence-corrected chi connectivity index (χ3v) is 2.68. The van der Waals surface area contributed by atoms with Crippen LogP contribution < -0.4 is 4.90 Å². The molecule has 0 aliphatic carbocycles. The maximum Gasteiger partial charge on any atom is 0.225 e. The maximum absolute atomic E-state index is 9.77. The zero-order chi connectivity index (χ0) is 10.0. The molecule has 0 spiro atoms. The average Bonchev–Trinajstić information content (AvgIpc) is 2.19. The average molecular weight is 193 g/mol. The molecule has 0 bridgehead atoms. The van der Waals surface area contributed by atoms with Gasteiger partial charge in [0.05, 0.1) is 5.60 Å². The molecule has 0 radical (unpaired) electrons. The SMILES string of the molecule is CC1(O)CCN(c2ncccn2)CC1. The summed E-state index contributed by atoms with van der Waals surface area (Å²) in [6.07, 6.45) is 5.06. The van der Waals surface area contributed by atoms with Gasteiger partial charge in [0, 0.05) is 25.5 Å². The first-order chi connectivity index (χ1) is 6.67. The molecule has 0 amide bonds. The molecular formula is C10H15N3O. The van der Waals surface area contributed by atoms with Crippen molar-refractivity contribution < 1.29 is 5.11 Å². The lowest BCUT2D eigenvalue weighted by Crippen LogP contribution is -2.43. The molecule has 1 aliphatic rings. The van der Waals surface area contributed by atoms with Crippen molar-refractivity contribution in [2.45, 2.75) is 25.4 Å². The van der Waals surface area contributed by atoms with Gasteiger partial charge in [-0.3, -0.25) is 0 Å². The summed E-state index contributed by atoms with van der Waals surface area (Å²) in [6, 6.07) is 1.81. The van der Waals surface area contributed by atoms with Crippen LogP contribution in [0.4, 0.5) is 5.95 Å². The van der Waals surface area contributed by atoms with Gasteiger partial charge in [0.15, 0.2) is 0 Å². The maximum atomic E-state index is 9.77. The van der Waals surface area contributed by atoms with E-state index < -0.39 is 5.60 Å². The van der Waals surface area contributed by atoms with Crippen LogP contribution in [0.2, 0.25) is 0 Å². The highest BCUT2D eigenvalue weighted by Gasteiger charge is 2.28. The van der Waals surface area contributed by atoms with Crippen LogP contribution in [-0.2, 0) is 0 Å². The molecule has 0 aromatic carbocycles. The minimum Gasteiger partial charge on any atom is -0.390 e. The van der Waals surface area contributed by atoms with Crippen LogP contribution in [0.1, 0.15) is 19.8 Å². The van der Waals surface area contributed by atoms with E-state index >= 15 is 0 Å². The minimum absolute atomic E-state index is 0.509. The van der Waals surface area contributed by atoms with E-state index in [-0.39, 0.29) is 0 Å². The van der Waals surface area contributed by atoms with Gasteiger partial charge in [0.2, 0.25) is 5.95 Å². The molecule has 4 nitrogen and oxygen atoms in total. The number of hydrogen-bond acceptors (Lipinski definition) is 4. The van der Waals surface area contributed by atoms with Crippen LogP contribution in [-0.4, -0.2) is 33.8 Å². The Hall–Kier alpha value is -1.16. The van der Waals surface area contributed by atoms with Crippen molar-refractivity contribution >= 4 is 5.95 Å². The zero-order valence-electron chi connectivity index (χ0n) is 8.35. The lowest BCUT2D eigenvalue weighted by molar-refractivity contribution is 0.0349. The van der Waals surface area contributed by atoms with Crippen LogP contribution in [0, 0.1) is 0 Å². The molecule has 1 saturated heterocycles. The summed E-state index contributed by atoms with van der Waals surface area (Å²) in [7, 11) is 0. The topological polar surface area (TPSA) is 49.2 Å². The van der Waals surface area contributed by atoms with Gasteiger partial charge in [0.1, 0.15) is 0 Å². The van der Waals surface area contributed by atoms with Gasteiger partial charge in [-0.05, 0) is 25.8 Å². The first-order valence-corrected chi connectivity index (χ1v) is 4.92. The van der Waals surface area contributed by atoms with E-state index in [0.29, 0.717) is 0 Å². The Balaban J connectivity index is 2.03. The van der Waals surface area contributed by atoms with Gasteiger partial charge in [-0.25, -0.2) is 9.97 Å². The van der Waals surface area contributed by atoms with Crippen molar-refractivity contribution in [1.82, 2.24) is 9.97 Å². The standard InChI is InChI=1S/C10H15N3O/c1-10(14)3-7-13(8-4-10)9-11-5-2-6-12-9/h2,5-6,14H,3-4,7-8H2,1H3. The second-order valence-corrected chi connectivity index (χ2v) is 4.03. The molecule has 14 heavy (non-hydrogen) atoms. The molecule has 1 aromatic heterocycles. The first-order valence-electron chi connectivity index (χ1n) is 4.92. The monoisotopic (exact) mass is 193 g/mol. The van der Waals surface area contributed by atoms with Crippen LogP contribution in [0.5, 0.6) is 0 Å². The molecule has 0 saturated carbocycles. The number of anilines is 1. The highest BCUT2D eigenvalue weighted by Crippen LogP contribution is 2.23. The predicted molar refractivity (Wildman–Crippen MR) is 54.1 cm³/mol. The smallest absolute Gasteiger partial charge is 0.225 e. The quantitative estimate of drug-likeness (QED) is 0.717. The Kier molecular flexibility index (Phi) is 2.37. The summed E-state index contributed by atoms with van der Waals surface area (Å²) >= 11 is 0. The summed E-state index contributed by atoms with van der Waals surface area (Å²) in [5, 5.41) is 9.77. The van der Waals surface area contributed by atoms with E-state index in [1.807, 2.05) is 13.0 Å². The van der Waals surface area contributed by atoms with Crippen molar-refractivity contribution in [3.8, 4) is 0 Å². The number of aromatic nitrogens is 2. The second-order valence-electron chi connectivity index (χ2n) is 4.03. The lowest BCUT2D eigenvalue weighted by atomic mass is 9.94. The molecule has 0 atom stereocenters. The molecule has 1 N–H and O–H groups in total. The highest BCUT2D eigenvalue weighted by molar-refractivity contribution is 5.29. The van der Waals surface area contributed by atoms with E-state index in [9.17, 15) is 5.11 Å².